The van der Waals surface area contributed by atoms with E-state index in [9.17, 15) is 18.0 Å². The number of piperidine rings is 1. The van der Waals surface area contributed by atoms with E-state index >= 15 is 0 Å². The predicted molar refractivity (Wildman–Crippen MR) is 63.2 cm³/mol. The third kappa shape index (κ3) is 3.07. The van der Waals surface area contributed by atoms with Crippen LogP contribution in [0.3, 0.4) is 0 Å². The quantitative estimate of drug-likeness (QED) is 0.871. The van der Waals surface area contributed by atoms with Gasteiger partial charge in [-0.25, -0.2) is 4.79 Å². The van der Waals surface area contributed by atoms with Crippen molar-refractivity contribution in [3.8, 4) is 0 Å². The highest BCUT2D eigenvalue weighted by molar-refractivity contribution is 5.87. The number of alkyl halides is 3. The van der Waals surface area contributed by atoms with Crippen molar-refractivity contribution >= 4 is 5.97 Å². The fourth-order valence-corrected chi connectivity index (χ4v) is 2.50. The number of carbonyl (C=O) groups is 1. The molecule has 0 spiro atoms. The highest BCUT2D eigenvalue weighted by atomic mass is 19.4. The number of aromatic carboxylic acids is 1. The van der Waals surface area contributed by atoms with Crippen molar-refractivity contribution < 1.29 is 23.1 Å². The molecule has 1 saturated heterocycles. The summed E-state index contributed by atoms with van der Waals surface area (Å²) in [5.74, 6) is -3.27. The molecular weight excluding hydrogens is 259 g/mol. The molecule has 1 aromatic carbocycles. The van der Waals surface area contributed by atoms with Crippen molar-refractivity contribution in [1.29, 1.82) is 0 Å². The van der Waals surface area contributed by atoms with Crippen LogP contribution >= 0.6 is 0 Å². The van der Waals surface area contributed by atoms with Crippen LogP contribution in [0.15, 0.2) is 24.3 Å². The summed E-state index contributed by atoms with van der Waals surface area (Å²) in [7, 11) is 0. The molecule has 104 valence electrons. The summed E-state index contributed by atoms with van der Waals surface area (Å²) in [5, 5.41) is 11.6. The molecule has 1 heterocycles. The van der Waals surface area contributed by atoms with Crippen molar-refractivity contribution in [2.45, 2.75) is 18.5 Å². The Hall–Kier alpha value is -1.56. The molecule has 1 aromatic rings. The van der Waals surface area contributed by atoms with Gasteiger partial charge in [0.05, 0.1) is 11.5 Å². The Labute approximate surface area is 108 Å². The van der Waals surface area contributed by atoms with Crippen molar-refractivity contribution in [3.05, 3.63) is 35.4 Å². The van der Waals surface area contributed by atoms with Crippen LogP contribution in [-0.4, -0.2) is 30.3 Å². The SMILES string of the molecule is O=C(O)c1cccc([C@@H]2CCNC[C@@H]2C(F)(F)F)c1. The van der Waals surface area contributed by atoms with Crippen LogP contribution in [0.4, 0.5) is 13.2 Å². The summed E-state index contributed by atoms with van der Waals surface area (Å²) in [6, 6.07) is 5.79. The molecule has 0 bridgehead atoms. The number of carboxylic acids is 1. The summed E-state index contributed by atoms with van der Waals surface area (Å²) in [6.45, 7) is 0.389. The lowest BCUT2D eigenvalue weighted by atomic mass is 9.80. The molecule has 0 aliphatic carbocycles. The highest BCUT2D eigenvalue weighted by Gasteiger charge is 2.46. The number of rotatable bonds is 2. The van der Waals surface area contributed by atoms with E-state index in [0.29, 0.717) is 18.5 Å². The fraction of sp³-hybridized carbons (Fsp3) is 0.462. The number of hydrogen-bond acceptors (Lipinski definition) is 2. The number of nitrogens with one attached hydrogen (secondary N) is 1. The van der Waals surface area contributed by atoms with Gasteiger partial charge in [-0.1, -0.05) is 12.1 Å². The van der Waals surface area contributed by atoms with Gasteiger partial charge in [-0.3, -0.25) is 0 Å². The monoisotopic (exact) mass is 273 g/mol. The molecule has 0 unspecified atom stereocenters. The lowest BCUT2D eigenvalue weighted by Crippen LogP contribution is -2.43. The van der Waals surface area contributed by atoms with Crippen LogP contribution in [0.5, 0.6) is 0 Å². The maximum Gasteiger partial charge on any atom is 0.393 e. The molecule has 0 amide bonds. The molecule has 1 aliphatic heterocycles. The van der Waals surface area contributed by atoms with Crippen LogP contribution in [-0.2, 0) is 0 Å². The van der Waals surface area contributed by atoms with Gasteiger partial charge >= 0.3 is 12.1 Å². The summed E-state index contributed by atoms with van der Waals surface area (Å²) in [5.41, 5.74) is 0.473. The zero-order valence-electron chi connectivity index (χ0n) is 10.1. The molecular formula is C13H14F3NO2. The number of halogens is 3. The molecule has 2 rings (SSSR count). The second-order valence-corrected chi connectivity index (χ2v) is 4.68. The van der Waals surface area contributed by atoms with Crippen LogP contribution in [0.25, 0.3) is 0 Å². The topological polar surface area (TPSA) is 49.3 Å². The average molecular weight is 273 g/mol. The second kappa shape index (κ2) is 5.21. The van der Waals surface area contributed by atoms with E-state index in [1.807, 2.05) is 0 Å². The van der Waals surface area contributed by atoms with E-state index in [2.05, 4.69) is 5.32 Å². The lowest BCUT2D eigenvalue weighted by molar-refractivity contribution is -0.183. The van der Waals surface area contributed by atoms with E-state index < -0.39 is 24.0 Å². The van der Waals surface area contributed by atoms with Gasteiger partial charge in [0, 0.05) is 6.54 Å². The molecule has 6 heteroatoms. The maximum absolute atomic E-state index is 13.0. The van der Waals surface area contributed by atoms with Crippen molar-refractivity contribution in [2.75, 3.05) is 13.1 Å². The third-order valence-corrected chi connectivity index (χ3v) is 3.46. The maximum atomic E-state index is 13.0. The Balaban J connectivity index is 2.32. The van der Waals surface area contributed by atoms with Crippen molar-refractivity contribution in [1.82, 2.24) is 5.32 Å². The van der Waals surface area contributed by atoms with Gasteiger partial charge in [-0.2, -0.15) is 13.2 Å². The Morgan fingerprint density at radius 2 is 2.11 bits per heavy atom. The minimum atomic E-state index is -4.28. The van der Waals surface area contributed by atoms with E-state index in [1.54, 1.807) is 6.07 Å². The number of hydrogen-bond donors (Lipinski definition) is 2. The Morgan fingerprint density at radius 3 is 2.74 bits per heavy atom. The van der Waals surface area contributed by atoms with Crippen LogP contribution in [0.2, 0.25) is 0 Å². The summed E-state index contributed by atoms with van der Waals surface area (Å²) >= 11 is 0. The van der Waals surface area contributed by atoms with Crippen LogP contribution < -0.4 is 5.32 Å². The lowest BCUT2D eigenvalue weighted by Gasteiger charge is -2.34. The number of carboxylic acid groups (broad SMARTS) is 1. The molecule has 19 heavy (non-hydrogen) atoms. The van der Waals surface area contributed by atoms with Crippen LogP contribution in [0.1, 0.15) is 28.3 Å². The third-order valence-electron chi connectivity index (χ3n) is 3.46. The zero-order valence-corrected chi connectivity index (χ0v) is 10.1. The van der Waals surface area contributed by atoms with Gasteiger partial charge in [-0.15, -0.1) is 0 Å². The summed E-state index contributed by atoms with van der Waals surface area (Å²) in [4.78, 5) is 10.9. The number of benzene rings is 1. The highest BCUT2D eigenvalue weighted by Crippen LogP contribution is 2.40. The van der Waals surface area contributed by atoms with Gasteiger partial charge in [0.15, 0.2) is 0 Å². The predicted octanol–water partition coefficient (Wildman–Crippen LogP) is 2.64. The first kappa shape index (κ1) is 13.9. The van der Waals surface area contributed by atoms with Crippen molar-refractivity contribution in [2.24, 2.45) is 5.92 Å². The first-order valence-electron chi connectivity index (χ1n) is 6.00. The normalized spacial score (nSPS) is 24.2. The Bertz CT molecular complexity index is 473. The van der Waals surface area contributed by atoms with E-state index in [0.717, 1.165) is 0 Å². The fourth-order valence-electron chi connectivity index (χ4n) is 2.50. The molecule has 0 saturated carbocycles. The molecule has 3 nitrogen and oxygen atoms in total. The zero-order chi connectivity index (χ0) is 14.0. The van der Waals surface area contributed by atoms with Gasteiger partial charge < -0.3 is 10.4 Å². The second-order valence-electron chi connectivity index (χ2n) is 4.68. The minimum Gasteiger partial charge on any atom is -0.478 e. The standard InChI is InChI=1S/C13H14F3NO2/c14-13(15,16)11-7-17-5-4-10(11)8-2-1-3-9(6-8)12(18)19/h1-3,6,10-11,17H,4-5,7H2,(H,18,19)/t10-,11-/m0/s1. The average Bonchev–Trinajstić information content (AvgIpc) is 2.38. The van der Waals surface area contributed by atoms with Crippen LogP contribution in [0, 0.1) is 5.92 Å². The summed E-state index contributed by atoms with van der Waals surface area (Å²) < 4.78 is 38.9. The Morgan fingerprint density at radius 1 is 1.37 bits per heavy atom. The first-order chi connectivity index (χ1) is 8.89. The van der Waals surface area contributed by atoms with Crippen molar-refractivity contribution in [3.63, 3.8) is 0 Å². The molecule has 0 radical (unpaired) electrons. The van der Waals surface area contributed by atoms with Gasteiger partial charge in [-0.05, 0) is 36.6 Å². The largest absolute Gasteiger partial charge is 0.478 e. The van der Waals surface area contributed by atoms with E-state index in [1.165, 1.54) is 18.2 Å². The van der Waals surface area contributed by atoms with Gasteiger partial charge in [0.25, 0.3) is 0 Å². The molecule has 2 atom stereocenters. The van der Waals surface area contributed by atoms with Gasteiger partial charge in [0.2, 0.25) is 0 Å². The van der Waals surface area contributed by atoms with E-state index in [-0.39, 0.29) is 12.1 Å². The molecule has 0 aromatic heterocycles. The summed E-state index contributed by atoms with van der Waals surface area (Å²) in [6.07, 6.45) is -3.93. The molecule has 1 fully saturated rings. The Kier molecular flexibility index (Phi) is 3.80. The van der Waals surface area contributed by atoms with E-state index in [4.69, 9.17) is 5.11 Å². The minimum absolute atomic E-state index is 0.0250. The smallest absolute Gasteiger partial charge is 0.393 e. The molecule has 2 N–H and O–H groups in total. The van der Waals surface area contributed by atoms with Gasteiger partial charge in [0.1, 0.15) is 0 Å². The first-order valence-corrected chi connectivity index (χ1v) is 6.00. The molecule has 1 aliphatic rings.